The van der Waals surface area contributed by atoms with Gasteiger partial charge in [-0.25, -0.2) is 8.42 Å². The number of hydrogen-bond acceptors (Lipinski definition) is 5. The number of aromatic nitrogens is 2. The van der Waals surface area contributed by atoms with E-state index in [9.17, 15) is 8.42 Å². The molecule has 0 saturated heterocycles. The number of benzene rings is 1. The summed E-state index contributed by atoms with van der Waals surface area (Å²) in [4.78, 5) is 1.05. The first kappa shape index (κ1) is 14.0. The lowest BCUT2D eigenvalue weighted by atomic mass is 10.3. The van der Waals surface area contributed by atoms with Crippen molar-refractivity contribution >= 4 is 27.3 Å². The molecular weight excluding hydrogens is 282 g/mol. The van der Waals surface area contributed by atoms with E-state index in [4.69, 9.17) is 5.73 Å². The van der Waals surface area contributed by atoms with Crippen LogP contribution in [0.1, 0.15) is 5.69 Å². The molecule has 0 aliphatic rings. The summed E-state index contributed by atoms with van der Waals surface area (Å²) in [6.45, 7) is 1.92. The van der Waals surface area contributed by atoms with Gasteiger partial charge in [-0.1, -0.05) is 11.8 Å². The molecular formula is C12H15N3O2S2. The van der Waals surface area contributed by atoms with Gasteiger partial charge in [-0.3, -0.25) is 4.68 Å². The van der Waals surface area contributed by atoms with Gasteiger partial charge in [-0.05, 0) is 31.2 Å². The second-order valence-electron chi connectivity index (χ2n) is 4.32. The number of aryl methyl sites for hydroxylation is 2. The maximum Gasteiger partial charge on any atom is 0.175 e. The van der Waals surface area contributed by atoms with Crippen molar-refractivity contribution in [1.82, 2.24) is 9.78 Å². The molecule has 0 atom stereocenters. The molecule has 1 aromatic heterocycles. The van der Waals surface area contributed by atoms with E-state index in [1.165, 1.54) is 24.1 Å². The van der Waals surface area contributed by atoms with Gasteiger partial charge >= 0.3 is 0 Å². The minimum absolute atomic E-state index is 0.232. The fraction of sp³-hybridized carbons (Fsp3) is 0.250. The lowest BCUT2D eigenvalue weighted by Gasteiger charge is -2.07. The molecule has 0 spiro atoms. The largest absolute Gasteiger partial charge is 0.398 e. The second-order valence-corrected chi connectivity index (χ2v) is 7.40. The third-order valence-corrected chi connectivity index (χ3v) is 4.88. The zero-order chi connectivity index (χ0) is 14.2. The number of sulfone groups is 1. The number of hydrogen-bond donors (Lipinski definition) is 1. The fourth-order valence-corrected chi connectivity index (χ4v) is 3.24. The van der Waals surface area contributed by atoms with Gasteiger partial charge in [0.05, 0.1) is 15.6 Å². The van der Waals surface area contributed by atoms with E-state index in [0.717, 1.165) is 15.6 Å². The van der Waals surface area contributed by atoms with E-state index < -0.39 is 9.84 Å². The van der Waals surface area contributed by atoms with Crippen LogP contribution >= 0.6 is 11.8 Å². The molecule has 1 aromatic carbocycles. The van der Waals surface area contributed by atoms with Gasteiger partial charge < -0.3 is 5.73 Å². The topological polar surface area (TPSA) is 78.0 Å². The number of nitrogens with zero attached hydrogens (tertiary/aromatic N) is 2. The average Bonchev–Trinajstić information content (AvgIpc) is 2.59. The molecule has 19 heavy (non-hydrogen) atoms. The molecule has 2 N–H and O–H groups in total. The van der Waals surface area contributed by atoms with Crippen molar-refractivity contribution in [3.63, 3.8) is 0 Å². The molecule has 0 radical (unpaired) electrons. The van der Waals surface area contributed by atoms with E-state index in [1.54, 1.807) is 16.8 Å². The predicted octanol–water partition coefficient (Wildman–Crippen LogP) is 1.87. The lowest BCUT2D eigenvalue weighted by molar-refractivity contribution is 0.602. The third-order valence-electron chi connectivity index (χ3n) is 2.58. The standard InChI is InChI=1S/C12H15N3O2S2/c1-8-6-12(15(2)14-8)18-11-5-4-9(7-10(11)13)19(3,16)17/h4-7H,13H2,1-3H3. The molecule has 0 amide bonds. The van der Waals surface area contributed by atoms with Crippen LogP contribution in [-0.4, -0.2) is 24.5 Å². The average molecular weight is 297 g/mol. The summed E-state index contributed by atoms with van der Waals surface area (Å²) in [5.74, 6) is 0. The maximum atomic E-state index is 11.4. The molecule has 2 aromatic rings. The molecule has 102 valence electrons. The first-order valence-corrected chi connectivity index (χ1v) is 8.26. The molecule has 5 nitrogen and oxygen atoms in total. The van der Waals surface area contributed by atoms with Crippen LogP contribution in [0.5, 0.6) is 0 Å². The number of nitrogens with two attached hydrogens (primary N) is 1. The number of nitrogen functional groups attached to an aromatic ring is 1. The minimum Gasteiger partial charge on any atom is -0.398 e. The van der Waals surface area contributed by atoms with Crippen molar-refractivity contribution in [3.8, 4) is 0 Å². The van der Waals surface area contributed by atoms with Crippen LogP contribution in [-0.2, 0) is 16.9 Å². The van der Waals surface area contributed by atoms with Crippen LogP contribution in [0.4, 0.5) is 5.69 Å². The van der Waals surface area contributed by atoms with E-state index in [1.807, 2.05) is 20.0 Å². The summed E-state index contributed by atoms with van der Waals surface area (Å²) in [6.07, 6.45) is 1.17. The van der Waals surface area contributed by atoms with Gasteiger partial charge in [0.1, 0.15) is 0 Å². The van der Waals surface area contributed by atoms with Gasteiger partial charge in [0, 0.05) is 23.9 Å². The Morgan fingerprint density at radius 3 is 2.47 bits per heavy atom. The Morgan fingerprint density at radius 1 is 1.32 bits per heavy atom. The van der Waals surface area contributed by atoms with Gasteiger partial charge in [0.25, 0.3) is 0 Å². The van der Waals surface area contributed by atoms with Crippen molar-refractivity contribution in [3.05, 3.63) is 30.0 Å². The highest BCUT2D eigenvalue weighted by Gasteiger charge is 2.11. The minimum atomic E-state index is -3.23. The zero-order valence-corrected chi connectivity index (χ0v) is 12.5. The molecule has 2 rings (SSSR count). The van der Waals surface area contributed by atoms with E-state index in [-0.39, 0.29) is 4.90 Å². The summed E-state index contributed by atoms with van der Waals surface area (Å²) in [6, 6.07) is 6.73. The molecule has 0 aliphatic heterocycles. The highest BCUT2D eigenvalue weighted by atomic mass is 32.2. The molecule has 7 heteroatoms. The summed E-state index contributed by atoms with van der Waals surface area (Å²) in [7, 11) is -1.37. The Bertz CT molecular complexity index is 721. The number of rotatable bonds is 3. The molecule has 0 saturated carbocycles. The van der Waals surface area contributed by atoms with Crippen LogP contribution in [0, 0.1) is 6.92 Å². The van der Waals surface area contributed by atoms with Crippen molar-refractivity contribution in [2.45, 2.75) is 21.7 Å². The van der Waals surface area contributed by atoms with Gasteiger partial charge in [0.2, 0.25) is 0 Å². The van der Waals surface area contributed by atoms with Crippen molar-refractivity contribution in [1.29, 1.82) is 0 Å². The van der Waals surface area contributed by atoms with Crippen LogP contribution < -0.4 is 5.73 Å². The highest BCUT2D eigenvalue weighted by molar-refractivity contribution is 7.99. The second kappa shape index (κ2) is 4.90. The van der Waals surface area contributed by atoms with Crippen LogP contribution in [0.25, 0.3) is 0 Å². The quantitative estimate of drug-likeness (QED) is 0.875. The van der Waals surface area contributed by atoms with Crippen LogP contribution in [0.2, 0.25) is 0 Å². The zero-order valence-electron chi connectivity index (χ0n) is 10.9. The molecule has 0 aliphatic carbocycles. The number of anilines is 1. The Hall–Kier alpha value is -1.47. The third kappa shape index (κ3) is 3.10. The van der Waals surface area contributed by atoms with E-state index in [0.29, 0.717) is 5.69 Å². The molecule has 0 bridgehead atoms. The summed E-state index contributed by atoms with van der Waals surface area (Å²) >= 11 is 1.46. The SMILES string of the molecule is Cc1cc(Sc2ccc(S(C)(=O)=O)cc2N)n(C)n1. The van der Waals surface area contributed by atoms with Crippen molar-refractivity contribution in [2.75, 3.05) is 12.0 Å². The molecule has 0 fully saturated rings. The maximum absolute atomic E-state index is 11.4. The van der Waals surface area contributed by atoms with E-state index >= 15 is 0 Å². The lowest BCUT2D eigenvalue weighted by Crippen LogP contribution is -1.99. The first-order valence-electron chi connectivity index (χ1n) is 5.55. The van der Waals surface area contributed by atoms with Crippen molar-refractivity contribution in [2.24, 2.45) is 7.05 Å². The predicted molar refractivity (Wildman–Crippen MR) is 76.0 cm³/mol. The summed E-state index contributed by atoms with van der Waals surface area (Å²) < 4.78 is 24.6. The monoisotopic (exact) mass is 297 g/mol. The highest BCUT2D eigenvalue weighted by Crippen LogP contribution is 2.33. The summed E-state index contributed by atoms with van der Waals surface area (Å²) in [5, 5.41) is 5.21. The molecule has 1 heterocycles. The van der Waals surface area contributed by atoms with E-state index in [2.05, 4.69) is 5.10 Å². The summed E-state index contributed by atoms with van der Waals surface area (Å²) in [5.41, 5.74) is 7.29. The Labute approximate surface area is 116 Å². The van der Waals surface area contributed by atoms with Gasteiger partial charge in [-0.2, -0.15) is 5.10 Å². The Morgan fingerprint density at radius 2 is 2.00 bits per heavy atom. The van der Waals surface area contributed by atoms with Crippen LogP contribution in [0.15, 0.2) is 39.1 Å². The molecule has 0 unspecified atom stereocenters. The van der Waals surface area contributed by atoms with Gasteiger partial charge in [0.15, 0.2) is 9.84 Å². The Kier molecular flexibility index (Phi) is 3.60. The first-order chi connectivity index (χ1) is 8.77. The fourth-order valence-electron chi connectivity index (χ4n) is 1.65. The normalized spacial score (nSPS) is 11.7. The van der Waals surface area contributed by atoms with Crippen LogP contribution in [0.3, 0.4) is 0 Å². The van der Waals surface area contributed by atoms with Gasteiger partial charge in [-0.15, -0.1) is 0 Å². The van der Waals surface area contributed by atoms with Crippen molar-refractivity contribution < 1.29 is 8.42 Å². The smallest absolute Gasteiger partial charge is 0.175 e. The Balaban J connectivity index is 2.35.